The molecular weight excluding hydrogens is 341 g/mol. The molecule has 2 rings (SSSR count). The number of halogens is 2. The molecule has 0 unspecified atom stereocenters. The van der Waals surface area contributed by atoms with Gasteiger partial charge in [-0.3, -0.25) is 4.98 Å². The quantitative estimate of drug-likeness (QED) is 0.740. The lowest BCUT2D eigenvalue weighted by molar-refractivity contribution is 0.273. The molecule has 0 N–H and O–H groups in total. The van der Waals surface area contributed by atoms with Crippen LogP contribution in [0.25, 0.3) is 0 Å². The number of hydrogen-bond donors (Lipinski definition) is 0. The van der Waals surface area contributed by atoms with E-state index in [1.807, 2.05) is 0 Å². The van der Waals surface area contributed by atoms with Crippen molar-refractivity contribution in [2.45, 2.75) is 11.9 Å². The zero-order chi connectivity index (χ0) is 15.2. The number of pyridine rings is 1. The summed E-state index contributed by atoms with van der Waals surface area (Å²) in [6.45, 7) is 0.0882. The number of aromatic nitrogens is 1. The Balaban J connectivity index is 2.16. The largest absolute Gasteiger partial charge is 0.493 e. The summed E-state index contributed by atoms with van der Waals surface area (Å²) in [5, 5.41) is 0.593. The summed E-state index contributed by atoms with van der Waals surface area (Å²) in [6.07, 6.45) is 1.59. The molecule has 1 aromatic carbocycles. The van der Waals surface area contributed by atoms with Crippen molar-refractivity contribution < 1.29 is 18.6 Å². The van der Waals surface area contributed by atoms with Crippen LogP contribution in [0.5, 0.6) is 17.2 Å². The Kier molecular flexibility index (Phi) is 5.38. The lowest BCUT2D eigenvalue weighted by Gasteiger charge is -2.13. The van der Waals surface area contributed by atoms with Crippen molar-refractivity contribution in [2.75, 3.05) is 14.2 Å². The molecule has 0 spiro atoms. The van der Waals surface area contributed by atoms with Crippen LogP contribution in [0.4, 0.5) is 4.39 Å². The zero-order valence-electron chi connectivity index (χ0n) is 11.7. The molecule has 0 radical (unpaired) electrons. The van der Waals surface area contributed by atoms with E-state index in [1.54, 1.807) is 31.5 Å². The minimum Gasteiger partial charge on any atom is -0.493 e. The molecule has 0 amide bonds. The van der Waals surface area contributed by atoms with Gasteiger partial charge in [0.2, 0.25) is 0 Å². The minimum atomic E-state index is -0.409. The molecule has 21 heavy (non-hydrogen) atoms. The Morgan fingerprint density at radius 3 is 2.57 bits per heavy atom. The van der Waals surface area contributed by atoms with E-state index in [9.17, 15) is 4.39 Å². The highest BCUT2D eigenvalue weighted by Crippen LogP contribution is 2.30. The highest BCUT2D eigenvalue weighted by atomic mass is 79.9. The van der Waals surface area contributed by atoms with Crippen molar-refractivity contribution in [3.63, 3.8) is 0 Å². The highest BCUT2D eigenvalue weighted by Gasteiger charge is 2.13. The van der Waals surface area contributed by atoms with Gasteiger partial charge in [0.25, 0.3) is 0 Å². The van der Waals surface area contributed by atoms with Crippen molar-refractivity contribution in [1.82, 2.24) is 4.98 Å². The van der Waals surface area contributed by atoms with Gasteiger partial charge < -0.3 is 14.2 Å². The smallest absolute Gasteiger partial charge is 0.185 e. The Bertz CT molecular complexity index is 622. The predicted octanol–water partition coefficient (Wildman–Crippen LogP) is 3.71. The topological polar surface area (TPSA) is 40.6 Å². The summed E-state index contributed by atoms with van der Waals surface area (Å²) >= 11 is 3.28. The molecule has 6 heteroatoms. The SMILES string of the molecule is COc1ccnc(COc2ccc(CBr)cc2F)c1OC. The second-order valence-electron chi connectivity index (χ2n) is 4.18. The highest BCUT2D eigenvalue weighted by molar-refractivity contribution is 9.08. The molecule has 2 aromatic rings. The average molecular weight is 356 g/mol. The fourth-order valence-electron chi connectivity index (χ4n) is 1.84. The van der Waals surface area contributed by atoms with Gasteiger partial charge in [-0.1, -0.05) is 22.0 Å². The van der Waals surface area contributed by atoms with Crippen LogP contribution < -0.4 is 14.2 Å². The summed E-state index contributed by atoms with van der Waals surface area (Å²) in [5.74, 6) is 0.805. The number of methoxy groups -OCH3 is 2. The van der Waals surface area contributed by atoms with Crippen LogP contribution in [0.2, 0.25) is 0 Å². The molecule has 0 saturated carbocycles. The first-order valence-corrected chi connectivity index (χ1v) is 7.34. The maximum Gasteiger partial charge on any atom is 0.185 e. The van der Waals surface area contributed by atoms with Crippen LogP contribution in [0.3, 0.4) is 0 Å². The van der Waals surface area contributed by atoms with Crippen LogP contribution >= 0.6 is 15.9 Å². The van der Waals surface area contributed by atoms with Crippen molar-refractivity contribution in [3.8, 4) is 17.2 Å². The van der Waals surface area contributed by atoms with Crippen molar-refractivity contribution in [2.24, 2.45) is 0 Å². The molecule has 1 aromatic heterocycles. The first-order valence-electron chi connectivity index (χ1n) is 6.22. The molecule has 4 nitrogen and oxygen atoms in total. The molecular formula is C15H15BrFNO3. The summed E-state index contributed by atoms with van der Waals surface area (Å²) in [7, 11) is 3.07. The van der Waals surface area contributed by atoms with Crippen LogP contribution in [-0.4, -0.2) is 19.2 Å². The Morgan fingerprint density at radius 2 is 1.95 bits per heavy atom. The van der Waals surface area contributed by atoms with Crippen LogP contribution in [-0.2, 0) is 11.9 Å². The van der Waals surface area contributed by atoms with Crippen molar-refractivity contribution in [1.29, 1.82) is 0 Å². The van der Waals surface area contributed by atoms with Gasteiger partial charge in [-0.25, -0.2) is 4.39 Å². The van der Waals surface area contributed by atoms with Gasteiger partial charge in [0.15, 0.2) is 23.1 Å². The lowest BCUT2D eigenvalue weighted by Crippen LogP contribution is -2.04. The second-order valence-corrected chi connectivity index (χ2v) is 4.74. The standard InChI is InChI=1S/C15H15BrFNO3/c1-19-14-5-6-18-12(15(14)20-2)9-21-13-4-3-10(8-16)7-11(13)17/h3-7H,8-9H2,1-2H3. The third-order valence-corrected chi connectivity index (χ3v) is 3.53. The van der Waals surface area contributed by atoms with Gasteiger partial charge in [-0.15, -0.1) is 0 Å². The third-order valence-electron chi connectivity index (χ3n) is 2.88. The minimum absolute atomic E-state index is 0.0882. The average Bonchev–Trinajstić information content (AvgIpc) is 2.52. The fraction of sp³-hybridized carbons (Fsp3) is 0.267. The van der Waals surface area contributed by atoms with Crippen molar-refractivity contribution in [3.05, 3.63) is 47.5 Å². The maximum absolute atomic E-state index is 13.8. The van der Waals surface area contributed by atoms with E-state index < -0.39 is 5.82 Å². The number of alkyl halides is 1. The molecule has 1 heterocycles. The molecule has 0 atom stereocenters. The number of rotatable bonds is 6. The van der Waals surface area contributed by atoms with Crippen molar-refractivity contribution >= 4 is 15.9 Å². The van der Waals surface area contributed by atoms with E-state index >= 15 is 0 Å². The Hall–Kier alpha value is -1.82. The first kappa shape index (κ1) is 15.6. The molecule has 0 fully saturated rings. The van der Waals surface area contributed by atoms with Gasteiger partial charge in [-0.05, 0) is 17.7 Å². The molecule has 112 valence electrons. The molecule has 0 aliphatic carbocycles. The summed E-state index contributed by atoms with van der Waals surface area (Å²) in [6, 6.07) is 6.51. The van der Waals surface area contributed by atoms with E-state index in [1.165, 1.54) is 13.2 Å². The molecule has 0 bridgehead atoms. The van der Waals surface area contributed by atoms with Gasteiger partial charge in [0.1, 0.15) is 12.3 Å². The first-order chi connectivity index (χ1) is 10.2. The number of ether oxygens (including phenoxy) is 3. The molecule has 0 aliphatic rings. The zero-order valence-corrected chi connectivity index (χ0v) is 13.3. The Labute approximate surface area is 131 Å². The number of hydrogen-bond acceptors (Lipinski definition) is 4. The second kappa shape index (κ2) is 7.26. The van der Waals surface area contributed by atoms with E-state index in [-0.39, 0.29) is 12.4 Å². The van der Waals surface area contributed by atoms with E-state index in [0.29, 0.717) is 22.5 Å². The van der Waals surface area contributed by atoms with Crippen LogP contribution in [0.1, 0.15) is 11.3 Å². The maximum atomic E-state index is 13.8. The van der Waals surface area contributed by atoms with Gasteiger partial charge >= 0.3 is 0 Å². The predicted molar refractivity (Wildman–Crippen MR) is 80.7 cm³/mol. The number of nitrogens with zero attached hydrogens (tertiary/aromatic N) is 1. The summed E-state index contributed by atoms with van der Waals surface area (Å²) in [4.78, 5) is 4.18. The molecule has 0 aliphatic heterocycles. The van der Waals surface area contributed by atoms with E-state index in [2.05, 4.69) is 20.9 Å². The van der Waals surface area contributed by atoms with Gasteiger partial charge in [0, 0.05) is 17.6 Å². The third kappa shape index (κ3) is 3.64. The van der Waals surface area contributed by atoms with E-state index in [0.717, 1.165) is 5.56 Å². The Morgan fingerprint density at radius 1 is 1.14 bits per heavy atom. The fourth-order valence-corrected chi connectivity index (χ4v) is 2.19. The van der Waals surface area contributed by atoms with Gasteiger partial charge in [0.05, 0.1) is 14.2 Å². The normalized spacial score (nSPS) is 10.3. The summed E-state index contributed by atoms with van der Waals surface area (Å²) in [5.41, 5.74) is 1.39. The van der Waals surface area contributed by atoms with Crippen LogP contribution in [0.15, 0.2) is 30.5 Å². The monoisotopic (exact) mass is 355 g/mol. The van der Waals surface area contributed by atoms with E-state index in [4.69, 9.17) is 14.2 Å². The molecule has 0 saturated heterocycles. The lowest BCUT2D eigenvalue weighted by atomic mass is 10.2. The summed E-state index contributed by atoms with van der Waals surface area (Å²) < 4.78 is 29.8. The van der Waals surface area contributed by atoms with Gasteiger partial charge in [-0.2, -0.15) is 0 Å². The number of benzene rings is 1. The van der Waals surface area contributed by atoms with Crippen LogP contribution in [0, 0.1) is 5.82 Å².